The summed E-state index contributed by atoms with van der Waals surface area (Å²) in [5, 5.41) is 9.04. The minimum absolute atomic E-state index is 0.497. The van der Waals surface area contributed by atoms with Gasteiger partial charge in [-0.1, -0.05) is 62.4 Å². The van der Waals surface area contributed by atoms with Crippen molar-refractivity contribution in [1.29, 1.82) is 0 Å². The second kappa shape index (κ2) is 7.15. The Kier molecular flexibility index (Phi) is 4.74. The van der Waals surface area contributed by atoms with Gasteiger partial charge in [0, 0.05) is 32.2 Å². The smallest absolute Gasteiger partial charge is 0.0358 e. The molecule has 0 spiro atoms. The molecule has 0 radical (unpaired) electrons. The Hall–Kier alpha value is -1.90. The molecule has 1 heterocycles. The predicted octanol–water partition coefficient (Wildman–Crippen LogP) is 4.99. The van der Waals surface area contributed by atoms with Crippen LogP contribution in [-0.4, -0.2) is 31.1 Å². The molecule has 0 bridgehead atoms. The van der Waals surface area contributed by atoms with E-state index >= 15 is 0 Å². The Morgan fingerprint density at radius 3 is 2.24 bits per heavy atom. The van der Waals surface area contributed by atoms with Crippen LogP contribution in [-0.2, 0) is 0 Å². The van der Waals surface area contributed by atoms with Crippen molar-refractivity contribution in [2.45, 2.75) is 26.3 Å². The third kappa shape index (κ3) is 3.29. The topological polar surface area (TPSA) is 15.3 Å². The van der Waals surface area contributed by atoms with Crippen LogP contribution in [0.3, 0.4) is 0 Å². The van der Waals surface area contributed by atoms with Crippen LogP contribution in [0.4, 0.5) is 0 Å². The molecule has 0 aromatic heterocycles. The monoisotopic (exact) mass is 332 g/mol. The SMILES string of the molecule is CC(C)C[C@@H](c1cc2ccccc2c2ccccc12)N1CCNCC1. The van der Waals surface area contributed by atoms with Crippen molar-refractivity contribution in [3.8, 4) is 0 Å². The van der Waals surface area contributed by atoms with Gasteiger partial charge in [0.2, 0.25) is 0 Å². The van der Waals surface area contributed by atoms with E-state index in [9.17, 15) is 0 Å². The summed E-state index contributed by atoms with van der Waals surface area (Å²) in [6.07, 6.45) is 1.21. The molecule has 1 fully saturated rings. The van der Waals surface area contributed by atoms with Gasteiger partial charge < -0.3 is 5.32 Å². The van der Waals surface area contributed by atoms with Gasteiger partial charge >= 0.3 is 0 Å². The number of hydrogen-bond donors (Lipinski definition) is 1. The van der Waals surface area contributed by atoms with Crippen molar-refractivity contribution >= 4 is 21.5 Å². The maximum absolute atomic E-state index is 3.50. The summed E-state index contributed by atoms with van der Waals surface area (Å²) in [6, 6.07) is 20.7. The zero-order valence-corrected chi connectivity index (χ0v) is 15.3. The summed E-state index contributed by atoms with van der Waals surface area (Å²) >= 11 is 0. The molecule has 0 amide bonds. The van der Waals surface area contributed by atoms with Gasteiger partial charge in [0.1, 0.15) is 0 Å². The molecule has 1 N–H and O–H groups in total. The number of hydrogen-bond acceptors (Lipinski definition) is 2. The van der Waals surface area contributed by atoms with Gasteiger partial charge in [-0.25, -0.2) is 0 Å². The Labute approximate surface area is 150 Å². The molecular weight excluding hydrogens is 304 g/mol. The van der Waals surface area contributed by atoms with Crippen LogP contribution < -0.4 is 5.32 Å². The van der Waals surface area contributed by atoms with Crippen molar-refractivity contribution in [3.63, 3.8) is 0 Å². The number of piperazine rings is 1. The van der Waals surface area contributed by atoms with E-state index in [1.165, 1.54) is 33.5 Å². The van der Waals surface area contributed by atoms with Crippen LogP contribution in [0.15, 0.2) is 54.6 Å². The fourth-order valence-electron chi connectivity index (χ4n) is 4.27. The molecule has 130 valence electrons. The van der Waals surface area contributed by atoms with Gasteiger partial charge in [-0.15, -0.1) is 0 Å². The molecule has 2 heteroatoms. The number of nitrogens with zero attached hydrogens (tertiary/aromatic N) is 1. The number of benzene rings is 3. The first kappa shape index (κ1) is 16.6. The van der Waals surface area contributed by atoms with Crippen molar-refractivity contribution in [2.24, 2.45) is 5.92 Å². The van der Waals surface area contributed by atoms with Crippen LogP contribution in [0.2, 0.25) is 0 Å². The maximum atomic E-state index is 3.50. The van der Waals surface area contributed by atoms with E-state index in [-0.39, 0.29) is 0 Å². The van der Waals surface area contributed by atoms with Gasteiger partial charge in [0.15, 0.2) is 0 Å². The fraction of sp³-hybridized carbons (Fsp3) is 0.391. The molecule has 25 heavy (non-hydrogen) atoms. The maximum Gasteiger partial charge on any atom is 0.0358 e. The summed E-state index contributed by atoms with van der Waals surface area (Å²) < 4.78 is 0. The van der Waals surface area contributed by atoms with Crippen molar-refractivity contribution in [1.82, 2.24) is 10.2 Å². The standard InChI is InChI=1S/C23H28N2/c1-17(2)15-23(25-13-11-24-12-14-25)22-16-18-7-3-4-8-19(18)20-9-5-6-10-21(20)22/h3-10,16-17,23-24H,11-15H2,1-2H3/t23-/m0/s1. The van der Waals surface area contributed by atoms with Gasteiger partial charge in [-0.2, -0.15) is 0 Å². The molecule has 3 aromatic rings. The Morgan fingerprint density at radius 1 is 0.880 bits per heavy atom. The van der Waals surface area contributed by atoms with Gasteiger partial charge in [0.25, 0.3) is 0 Å². The highest BCUT2D eigenvalue weighted by atomic mass is 15.2. The lowest BCUT2D eigenvalue weighted by Gasteiger charge is -2.37. The molecule has 1 aliphatic heterocycles. The summed E-state index contributed by atoms with van der Waals surface area (Å²) in [6.45, 7) is 9.16. The van der Waals surface area contributed by atoms with Gasteiger partial charge in [0.05, 0.1) is 0 Å². The third-order valence-corrected chi connectivity index (χ3v) is 5.45. The van der Waals surface area contributed by atoms with E-state index in [1.54, 1.807) is 0 Å². The van der Waals surface area contributed by atoms with E-state index < -0.39 is 0 Å². The van der Waals surface area contributed by atoms with E-state index in [1.807, 2.05) is 0 Å². The number of rotatable bonds is 4. The lowest BCUT2D eigenvalue weighted by atomic mass is 9.88. The van der Waals surface area contributed by atoms with Crippen molar-refractivity contribution < 1.29 is 0 Å². The summed E-state index contributed by atoms with van der Waals surface area (Å²) in [5.41, 5.74) is 1.50. The van der Waals surface area contributed by atoms with E-state index in [4.69, 9.17) is 0 Å². The van der Waals surface area contributed by atoms with E-state index in [0.717, 1.165) is 26.2 Å². The largest absolute Gasteiger partial charge is 0.314 e. The second-order valence-electron chi connectivity index (χ2n) is 7.66. The Bertz CT molecular complexity index is 862. The lowest BCUT2D eigenvalue weighted by molar-refractivity contribution is 0.155. The first-order valence-electron chi connectivity index (χ1n) is 9.59. The zero-order chi connectivity index (χ0) is 17.2. The van der Waals surface area contributed by atoms with Crippen LogP contribution in [0.25, 0.3) is 21.5 Å². The van der Waals surface area contributed by atoms with Crippen LogP contribution in [0.1, 0.15) is 31.9 Å². The van der Waals surface area contributed by atoms with Crippen molar-refractivity contribution in [2.75, 3.05) is 26.2 Å². The minimum atomic E-state index is 0.497. The molecule has 1 atom stereocenters. The first-order valence-corrected chi connectivity index (χ1v) is 9.59. The van der Waals surface area contributed by atoms with E-state index in [0.29, 0.717) is 12.0 Å². The summed E-state index contributed by atoms with van der Waals surface area (Å²) in [7, 11) is 0. The van der Waals surface area contributed by atoms with E-state index in [2.05, 4.69) is 78.7 Å². The van der Waals surface area contributed by atoms with Crippen LogP contribution in [0, 0.1) is 5.92 Å². The van der Waals surface area contributed by atoms with Crippen LogP contribution in [0.5, 0.6) is 0 Å². The molecule has 1 saturated heterocycles. The molecule has 4 rings (SSSR count). The first-order chi connectivity index (χ1) is 12.2. The summed E-state index contributed by atoms with van der Waals surface area (Å²) in [5.74, 6) is 0.685. The molecule has 2 nitrogen and oxygen atoms in total. The highest BCUT2D eigenvalue weighted by Crippen LogP contribution is 2.37. The van der Waals surface area contributed by atoms with Crippen LogP contribution >= 0.6 is 0 Å². The van der Waals surface area contributed by atoms with Crippen molar-refractivity contribution in [3.05, 3.63) is 60.2 Å². The molecular formula is C23H28N2. The molecule has 1 aliphatic rings. The molecule has 0 saturated carbocycles. The quantitative estimate of drug-likeness (QED) is 0.677. The number of fused-ring (bicyclic) bond motifs is 3. The van der Waals surface area contributed by atoms with Gasteiger partial charge in [-0.3, -0.25) is 4.90 Å². The average molecular weight is 332 g/mol. The highest BCUT2D eigenvalue weighted by molar-refractivity contribution is 6.09. The lowest BCUT2D eigenvalue weighted by Crippen LogP contribution is -2.45. The number of nitrogens with one attached hydrogen (secondary N) is 1. The fourth-order valence-corrected chi connectivity index (χ4v) is 4.27. The van der Waals surface area contributed by atoms with Gasteiger partial charge in [-0.05, 0) is 45.5 Å². The molecule has 3 aromatic carbocycles. The summed E-state index contributed by atoms with van der Waals surface area (Å²) in [4.78, 5) is 2.69. The normalized spacial score (nSPS) is 17.4. The Balaban J connectivity index is 1.91. The highest BCUT2D eigenvalue weighted by Gasteiger charge is 2.25. The second-order valence-corrected chi connectivity index (χ2v) is 7.66. The molecule has 0 aliphatic carbocycles. The zero-order valence-electron chi connectivity index (χ0n) is 15.3. The minimum Gasteiger partial charge on any atom is -0.314 e. The predicted molar refractivity (Wildman–Crippen MR) is 108 cm³/mol. The Morgan fingerprint density at radius 2 is 1.52 bits per heavy atom. The third-order valence-electron chi connectivity index (χ3n) is 5.45. The average Bonchev–Trinajstić information content (AvgIpc) is 2.66. The molecule has 0 unspecified atom stereocenters.